The van der Waals surface area contributed by atoms with Crippen LogP contribution in [0.1, 0.15) is 44.2 Å². The molecule has 2 heteroatoms. The predicted octanol–water partition coefficient (Wildman–Crippen LogP) is 4.13. The third kappa shape index (κ3) is 3.29. The molecule has 0 aromatic heterocycles. The van der Waals surface area contributed by atoms with E-state index < -0.39 is 0 Å². The van der Waals surface area contributed by atoms with E-state index in [0.29, 0.717) is 0 Å². The first kappa shape index (κ1) is 13.9. The molecule has 1 fully saturated rings. The number of aryl methyl sites for hydroxylation is 1. The van der Waals surface area contributed by atoms with Gasteiger partial charge in [-0.05, 0) is 55.7 Å². The fraction of sp³-hybridized carbons (Fsp3) is 0.588. The zero-order valence-corrected chi connectivity index (χ0v) is 12.3. The van der Waals surface area contributed by atoms with Crippen LogP contribution in [-0.2, 0) is 0 Å². The highest BCUT2D eigenvalue weighted by atomic mass is 15.1. The number of nitriles is 1. The first-order chi connectivity index (χ1) is 9.11. The molecule has 2 nitrogen and oxygen atoms in total. The molecule has 1 aromatic carbocycles. The lowest BCUT2D eigenvalue weighted by molar-refractivity contribution is 0.351. The molecule has 1 aliphatic heterocycles. The summed E-state index contributed by atoms with van der Waals surface area (Å²) in [5.41, 5.74) is 3.18. The van der Waals surface area contributed by atoms with Crippen molar-refractivity contribution in [3.8, 4) is 6.07 Å². The summed E-state index contributed by atoms with van der Waals surface area (Å²) in [5, 5.41) is 9.27. The van der Waals surface area contributed by atoms with E-state index in [9.17, 15) is 5.26 Å². The highest BCUT2D eigenvalue weighted by Crippen LogP contribution is 2.29. The van der Waals surface area contributed by atoms with Crippen molar-refractivity contribution >= 4 is 5.69 Å². The van der Waals surface area contributed by atoms with Crippen molar-refractivity contribution in [2.24, 2.45) is 11.8 Å². The third-order valence-corrected chi connectivity index (χ3v) is 4.33. The molecule has 0 radical (unpaired) electrons. The average Bonchev–Trinajstić information content (AvgIpc) is 2.64. The number of rotatable bonds is 2. The number of hydrogen-bond donors (Lipinski definition) is 0. The number of nitrogens with zero attached hydrogens (tertiary/aromatic N) is 2. The monoisotopic (exact) mass is 256 g/mol. The fourth-order valence-electron chi connectivity index (χ4n) is 3.03. The maximum absolute atomic E-state index is 9.27. The number of hydrogen-bond acceptors (Lipinski definition) is 2. The van der Waals surface area contributed by atoms with Crippen molar-refractivity contribution in [2.45, 2.75) is 40.0 Å². The van der Waals surface area contributed by atoms with Crippen LogP contribution in [-0.4, -0.2) is 13.1 Å². The minimum Gasteiger partial charge on any atom is -0.370 e. The normalized spacial score (nSPS) is 20.2. The van der Waals surface area contributed by atoms with Crippen LogP contribution in [0.4, 0.5) is 5.69 Å². The largest absolute Gasteiger partial charge is 0.370 e. The van der Waals surface area contributed by atoms with Crippen molar-refractivity contribution in [3.63, 3.8) is 0 Å². The summed E-state index contributed by atoms with van der Waals surface area (Å²) in [7, 11) is 0. The maximum atomic E-state index is 9.27. The summed E-state index contributed by atoms with van der Waals surface area (Å²) in [6.07, 6.45) is 3.81. The Kier molecular flexibility index (Phi) is 4.47. The third-order valence-electron chi connectivity index (χ3n) is 4.33. The van der Waals surface area contributed by atoms with Gasteiger partial charge in [-0.25, -0.2) is 0 Å². The lowest BCUT2D eigenvalue weighted by Crippen LogP contribution is -2.25. The summed E-state index contributed by atoms with van der Waals surface area (Å²) < 4.78 is 0. The smallest absolute Gasteiger partial charge is 0.101 e. The lowest BCUT2D eigenvalue weighted by atomic mass is 9.89. The molecule has 1 heterocycles. The van der Waals surface area contributed by atoms with Gasteiger partial charge in [-0.15, -0.1) is 0 Å². The van der Waals surface area contributed by atoms with Crippen molar-refractivity contribution in [3.05, 3.63) is 29.3 Å². The van der Waals surface area contributed by atoms with Crippen LogP contribution < -0.4 is 4.90 Å². The molecule has 1 aliphatic rings. The van der Waals surface area contributed by atoms with E-state index in [4.69, 9.17) is 0 Å². The minimum atomic E-state index is 0.771. The molecule has 1 unspecified atom stereocenters. The van der Waals surface area contributed by atoms with Crippen LogP contribution in [0, 0.1) is 30.1 Å². The molecule has 0 spiro atoms. The van der Waals surface area contributed by atoms with Gasteiger partial charge in [-0.3, -0.25) is 0 Å². The second-order valence-corrected chi connectivity index (χ2v) is 6.05. The molecule has 1 aromatic rings. The zero-order chi connectivity index (χ0) is 13.8. The predicted molar refractivity (Wildman–Crippen MR) is 80.3 cm³/mol. The average molecular weight is 256 g/mol. The van der Waals surface area contributed by atoms with E-state index >= 15 is 0 Å². The fourth-order valence-corrected chi connectivity index (χ4v) is 3.03. The highest BCUT2D eigenvalue weighted by molar-refractivity contribution is 5.60. The van der Waals surface area contributed by atoms with Crippen LogP contribution in [0.2, 0.25) is 0 Å². The van der Waals surface area contributed by atoms with E-state index in [-0.39, 0.29) is 0 Å². The standard InChI is InChI=1S/C17H24N2/c1-13(2)15-5-4-9-19(10-8-15)17-11-14(3)6-7-16(17)12-18/h6-7,11,13,15H,4-5,8-10H2,1-3H3. The zero-order valence-electron chi connectivity index (χ0n) is 12.3. The Balaban J connectivity index is 2.19. The summed E-state index contributed by atoms with van der Waals surface area (Å²) in [5.74, 6) is 1.60. The molecule has 0 aliphatic carbocycles. The van der Waals surface area contributed by atoms with Crippen LogP contribution in [0.3, 0.4) is 0 Å². The van der Waals surface area contributed by atoms with Crippen LogP contribution in [0.5, 0.6) is 0 Å². The topological polar surface area (TPSA) is 27.0 Å². The SMILES string of the molecule is Cc1ccc(C#N)c(N2CCCC(C(C)C)CC2)c1. The van der Waals surface area contributed by atoms with Gasteiger partial charge < -0.3 is 4.90 Å². The molecule has 1 atom stereocenters. The van der Waals surface area contributed by atoms with E-state index in [1.165, 1.54) is 24.8 Å². The van der Waals surface area contributed by atoms with Gasteiger partial charge in [0, 0.05) is 13.1 Å². The maximum Gasteiger partial charge on any atom is 0.101 e. The van der Waals surface area contributed by atoms with Crippen LogP contribution in [0.15, 0.2) is 18.2 Å². The van der Waals surface area contributed by atoms with E-state index in [1.807, 2.05) is 12.1 Å². The quantitative estimate of drug-likeness (QED) is 0.795. The molecule has 2 rings (SSSR count). The minimum absolute atomic E-state index is 0.771. The van der Waals surface area contributed by atoms with Crippen molar-refractivity contribution in [1.29, 1.82) is 5.26 Å². The molecular weight excluding hydrogens is 232 g/mol. The number of anilines is 1. The van der Waals surface area contributed by atoms with Gasteiger partial charge in [-0.1, -0.05) is 19.9 Å². The van der Waals surface area contributed by atoms with Gasteiger partial charge in [-0.2, -0.15) is 5.26 Å². The van der Waals surface area contributed by atoms with Gasteiger partial charge >= 0.3 is 0 Å². The molecule has 1 saturated heterocycles. The Morgan fingerprint density at radius 1 is 1.26 bits per heavy atom. The molecule has 0 bridgehead atoms. The second-order valence-electron chi connectivity index (χ2n) is 6.05. The van der Waals surface area contributed by atoms with Gasteiger partial charge in [0.15, 0.2) is 0 Å². The Morgan fingerprint density at radius 2 is 2.05 bits per heavy atom. The van der Waals surface area contributed by atoms with Gasteiger partial charge in [0.05, 0.1) is 11.3 Å². The van der Waals surface area contributed by atoms with E-state index in [1.54, 1.807) is 0 Å². The Bertz CT molecular complexity index is 471. The molecule has 0 saturated carbocycles. The summed E-state index contributed by atoms with van der Waals surface area (Å²) in [6.45, 7) is 8.92. The Labute approximate surface area is 117 Å². The molecular formula is C17H24N2. The molecule has 19 heavy (non-hydrogen) atoms. The first-order valence-corrected chi connectivity index (χ1v) is 7.37. The number of benzene rings is 1. The Hall–Kier alpha value is -1.49. The first-order valence-electron chi connectivity index (χ1n) is 7.37. The molecule has 0 amide bonds. The Morgan fingerprint density at radius 3 is 2.74 bits per heavy atom. The van der Waals surface area contributed by atoms with Crippen LogP contribution >= 0.6 is 0 Å². The van der Waals surface area contributed by atoms with E-state index in [2.05, 4.69) is 37.8 Å². The van der Waals surface area contributed by atoms with Gasteiger partial charge in [0.1, 0.15) is 6.07 Å². The summed E-state index contributed by atoms with van der Waals surface area (Å²) >= 11 is 0. The van der Waals surface area contributed by atoms with Gasteiger partial charge in [0.25, 0.3) is 0 Å². The summed E-state index contributed by atoms with van der Waals surface area (Å²) in [6, 6.07) is 8.47. The van der Waals surface area contributed by atoms with E-state index in [0.717, 1.165) is 36.2 Å². The van der Waals surface area contributed by atoms with Crippen molar-refractivity contribution in [2.75, 3.05) is 18.0 Å². The van der Waals surface area contributed by atoms with Gasteiger partial charge in [0.2, 0.25) is 0 Å². The second kappa shape index (κ2) is 6.10. The summed E-state index contributed by atoms with van der Waals surface area (Å²) in [4.78, 5) is 2.41. The van der Waals surface area contributed by atoms with Crippen LogP contribution in [0.25, 0.3) is 0 Å². The molecule has 0 N–H and O–H groups in total. The van der Waals surface area contributed by atoms with Crippen molar-refractivity contribution < 1.29 is 0 Å². The molecule has 102 valence electrons. The highest BCUT2D eigenvalue weighted by Gasteiger charge is 2.21. The van der Waals surface area contributed by atoms with Crippen molar-refractivity contribution in [1.82, 2.24) is 0 Å². The lowest BCUT2D eigenvalue weighted by Gasteiger charge is -2.25.